The minimum Gasteiger partial charge on any atom is -0.309 e. The lowest BCUT2D eigenvalue weighted by atomic mass is 9.82. The van der Waals surface area contributed by atoms with Crippen molar-refractivity contribution in [1.29, 1.82) is 0 Å². The molecule has 1 aromatic carbocycles. The van der Waals surface area contributed by atoms with Crippen LogP contribution in [-0.4, -0.2) is 6.54 Å². The van der Waals surface area contributed by atoms with E-state index in [0.29, 0.717) is 6.04 Å². The summed E-state index contributed by atoms with van der Waals surface area (Å²) in [5, 5.41) is 7.41. The highest BCUT2D eigenvalue weighted by Gasteiger charge is 2.27. The standard InChI is InChI=1S/C16H22BrNS/c1-5-9-18-15(16(2,3)4)12-10-19-14-11(12)7-6-8-13(14)17/h6-8,10,15,18H,5,9H2,1-4H3. The third kappa shape index (κ3) is 3.21. The van der Waals surface area contributed by atoms with E-state index >= 15 is 0 Å². The molecule has 0 spiro atoms. The summed E-state index contributed by atoms with van der Waals surface area (Å²) < 4.78 is 2.55. The van der Waals surface area contributed by atoms with Gasteiger partial charge in [-0.3, -0.25) is 0 Å². The highest BCUT2D eigenvalue weighted by molar-refractivity contribution is 9.10. The first-order chi connectivity index (χ1) is 8.95. The average Bonchev–Trinajstić information content (AvgIpc) is 2.73. The van der Waals surface area contributed by atoms with Crippen molar-refractivity contribution < 1.29 is 0 Å². The van der Waals surface area contributed by atoms with Gasteiger partial charge in [0, 0.05) is 15.2 Å². The van der Waals surface area contributed by atoms with Gasteiger partial charge in [-0.05, 0) is 56.7 Å². The Balaban J connectivity index is 2.47. The zero-order chi connectivity index (χ0) is 14.0. The molecule has 2 aromatic rings. The highest BCUT2D eigenvalue weighted by atomic mass is 79.9. The van der Waals surface area contributed by atoms with E-state index in [1.54, 1.807) is 0 Å². The highest BCUT2D eigenvalue weighted by Crippen LogP contribution is 2.41. The molecule has 1 atom stereocenters. The van der Waals surface area contributed by atoms with Gasteiger partial charge in [-0.25, -0.2) is 0 Å². The molecule has 2 rings (SSSR count). The summed E-state index contributed by atoms with van der Waals surface area (Å²) in [5.74, 6) is 0. The number of hydrogen-bond donors (Lipinski definition) is 1. The fraction of sp³-hybridized carbons (Fsp3) is 0.500. The molecular weight excluding hydrogens is 318 g/mol. The molecule has 0 fully saturated rings. The number of nitrogens with one attached hydrogen (secondary N) is 1. The predicted octanol–water partition coefficient (Wildman–Crippen LogP) is 5.75. The second-order valence-electron chi connectivity index (χ2n) is 6.06. The molecule has 0 aliphatic rings. The number of benzene rings is 1. The molecule has 0 aliphatic heterocycles. The number of halogens is 1. The second-order valence-corrected chi connectivity index (χ2v) is 7.79. The molecule has 1 nitrogen and oxygen atoms in total. The lowest BCUT2D eigenvalue weighted by Crippen LogP contribution is -2.32. The van der Waals surface area contributed by atoms with Gasteiger partial charge in [-0.2, -0.15) is 0 Å². The van der Waals surface area contributed by atoms with E-state index in [9.17, 15) is 0 Å². The maximum absolute atomic E-state index is 3.71. The van der Waals surface area contributed by atoms with Crippen molar-refractivity contribution in [3.05, 3.63) is 33.6 Å². The van der Waals surface area contributed by atoms with Gasteiger partial charge >= 0.3 is 0 Å². The van der Waals surface area contributed by atoms with Crippen LogP contribution >= 0.6 is 27.3 Å². The molecule has 1 N–H and O–H groups in total. The molecule has 0 amide bonds. The van der Waals surface area contributed by atoms with Gasteiger partial charge in [0.15, 0.2) is 0 Å². The van der Waals surface area contributed by atoms with Crippen LogP contribution in [0.1, 0.15) is 45.7 Å². The zero-order valence-corrected chi connectivity index (χ0v) is 14.5. The van der Waals surface area contributed by atoms with Crippen LogP contribution in [0.15, 0.2) is 28.1 Å². The Morgan fingerprint density at radius 1 is 1.32 bits per heavy atom. The summed E-state index contributed by atoms with van der Waals surface area (Å²) in [5.41, 5.74) is 1.65. The zero-order valence-electron chi connectivity index (χ0n) is 12.1. The van der Waals surface area contributed by atoms with E-state index in [1.165, 1.54) is 26.5 Å². The van der Waals surface area contributed by atoms with Gasteiger partial charge < -0.3 is 5.32 Å². The van der Waals surface area contributed by atoms with E-state index in [-0.39, 0.29) is 5.41 Å². The summed E-state index contributed by atoms with van der Waals surface area (Å²) in [7, 11) is 0. The predicted molar refractivity (Wildman–Crippen MR) is 90.0 cm³/mol. The fourth-order valence-corrected chi connectivity index (χ4v) is 4.08. The van der Waals surface area contributed by atoms with Crippen molar-refractivity contribution in [2.24, 2.45) is 5.41 Å². The minimum absolute atomic E-state index is 0.214. The molecule has 1 heterocycles. The number of rotatable bonds is 4. The van der Waals surface area contributed by atoms with Crippen LogP contribution in [0.3, 0.4) is 0 Å². The van der Waals surface area contributed by atoms with Crippen molar-refractivity contribution in [3.63, 3.8) is 0 Å². The van der Waals surface area contributed by atoms with Gasteiger partial charge in [0.05, 0.1) is 0 Å². The minimum atomic E-state index is 0.214. The smallest absolute Gasteiger partial charge is 0.0488 e. The maximum Gasteiger partial charge on any atom is 0.0488 e. The van der Waals surface area contributed by atoms with E-state index < -0.39 is 0 Å². The van der Waals surface area contributed by atoms with Crippen LogP contribution < -0.4 is 5.32 Å². The van der Waals surface area contributed by atoms with E-state index in [2.05, 4.69) is 72.5 Å². The van der Waals surface area contributed by atoms with Gasteiger partial charge in [0.2, 0.25) is 0 Å². The Hall–Kier alpha value is -0.380. The second kappa shape index (κ2) is 5.94. The summed E-state index contributed by atoms with van der Waals surface area (Å²) in [4.78, 5) is 0. The van der Waals surface area contributed by atoms with Crippen molar-refractivity contribution in [1.82, 2.24) is 5.32 Å². The van der Waals surface area contributed by atoms with Gasteiger partial charge in [0.25, 0.3) is 0 Å². The average molecular weight is 340 g/mol. The summed E-state index contributed by atoms with van der Waals surface area (Å²) in [6.07, 6.45) is 1.17. The third-order valence-electron chi connectivity index (χ3n) is 3.36. The number of hydrogen-bond acceptors (Lipinski definition) is 2. The first kappa shape index (κ1) is 15.0. The van der Waals surface area contributed by atoms with Crippen molar-refractivity contribution in [2.45, 2.75) is 40.2 Å². The maximum atomic E-state index is 3.71. The molecule has 0 saturated heterocycles. The van der Waals surface area contributed by atoms with Crippen molar-refractivity contribution in [2.75, 3.05) is 6.54 Å². The Morgan fingerprint density at radius 3 is 2.68 bits per heavy atom. The summed E-state index contributed by atoms with van der Waals surface area (Å²) >= 11 is 5.48. The Labute approximate surface area is 128 Å². The summed E-state index contributed by atoms with van der Waals surface area (Å²) in [6, 6.07) is 6.88. The molecule has 1 aromatic heterocycles. The Kier molecular flexibility index (Phi) is 4.70. The molecule has 0 saturated carbocycles. The van der Waals surface area contributed by atoms with Gasteiger partial charge in [-0.15, -0.1) is 11.3 Å². The molecule has 3 heteroatoms. The normalized spacial score (nSPS) is 13.9. The van der Waals surface area contributed by atoms with Crippen LogP contribution in [0.5, 0.6) is 0 Å². The van der Waals surface area contributed by atoms with Crippen LogP contribution in [-0.2, 0) is 0 Å². The van der Waals surface area contributed by atoms with Gasteiger partial charge in [0.1, 0.15) is 0 Å². The monoisotopic (exact) mass is 339 g/mol. The molecule has 104 valence electrons. The van der Waals surface area contributed by atoms with E-state index in [1.807, 2.05) is 11.3 Å². The van der Waals surface area contributed by atoms with E-state index in [4.69, 9.17) is 0 Å². The molecule has 0 radical (unpaired) electrons. The first-order valence-electron chi connectivity index (χ1n) is 6.84. The first-order valence-corrected chi connectivity index (χ1v) is 8.51. The number of thiophene rings is 1. The topological polar surface area (TPSA) is 12.0 Å². The third-order valence-corrected chi connectivity index (χ3v) is 5.33. The lowest BCUT2D eigenvalue weighted by molar-refractivity contribution is 0.275. The van der Waals surface area contributed by atoms with Crippen LogP contribution in [0.4, 0.5) is 0 Å². The Bertz CT molecular complexity index is 553. The molecule has 0 aliphatic carbocycles. The van der Waals surface area contributed by atoms with Crippen LogP contribution in [0.2, 0.25) is 0 Å². The lowest BCUT2D eigenvalue weighted by Gasteiger charge is -2.31. The molecule has 1 unspecified atom stereocenters. The summed E-state index contributed by atoms with van der Waals surface area (Å²) in [6.45, 7) is 10.2. The number of fused-ring (bicyclic) bond motifs is 1. The van der Waals surface area contributed by atoms with Gasteiger partial charge in [-0.1, -0.05) is 39.8 Å². The van der Waals surface area contributed by atoms with Crippen LogP contribution in [0, 0.1) is 5.41 Å². The molecular formula is C16H22BrNS. The Morgan fingerprint density at radius 2 is 2.05 bits per heavy atom. The molecule has 19 heavy (non-hydrogen) atoms. The van der Waals surface area contributed by atoms with Crippen LogP contribution in [0.25, 0.3) is 10.1 Å². The molecule has 0 bridgehead atoms. The van der Waals surface area contributed by atoms with Crippen molar-refractivity contribution >= 4 is 37.4 Å². The largest absolute Gasteiger partial charge is 0.309 e. The quantitative estimate of drug-likeness (QED) is 0.747. The fourth-order valence-electron chi connectivity index (χ4n) is 2.44. The SMILES string of the molecule is CCCNC(c1csc2c(Br)cccc12)C(C)(C)C. The van der Waals surface area contributed by atoms with Crippen molar-refractivity contribution in [3.8, 4) is 0 Å². The van der Waals surface area contributed by atoms with E-state index in [0.717, 1.165) is 6.54 Å².